The van der Waals surface area contributed by atoms with Crippen LogP contribution in [0.3, 0.4) is 0 Å². The van der Waals surface area contributed by atoms with Crippen molar-refractivity contribution in [3.8, 4) is 0 Å². The van der Waals surface area contributed by atoms with E-state index in [1.165, 1.54) is 0 Å². The fourth-order valence-electron chi connectivity index (χ4n) is 3.23. The molecule has 2 fully saturated rings. The highest BCUT2D eigenvalue weighted by molar-refractivity contribution is 8.00. The van der Waals surface area contributed by atoms with Crippen molar-refractivity contribution in [1.29, 1.82) is 0 Å². The second-order valence-electron chi connectivity index (χ2n) is 6.66. The number of carboxylic acid groups (broad SMARTS) is 1. The van der Waals surface area contributed by atoms with Gasteiger partial charge in [0, 0.05) is 30.1 Å². The molecule has 110 valence electrons. The van der Waals surface area contributed by atoms with E-state index in [2.05, 4.69) is 18.7 Å². The zero-order valence-electron chi connectivity index (χ0n) is 11.9. The molecule has 1 saturated carbocycles. The summed E-state index contributed by atoms with van der Waals surface area (Å²) < 4.78 is 0.257. The smallest absolute Gasteiger partial charge is 0.306 e. The molecule has 1 heterocycles. The maximum absolute atomic E-state index is 10.9. The molecule has 2 aliphatic rings. The molecule has 0 amide bonds. The third-order valence-electron chi connectivity index (χ3n) is 4.29. The van der Waals surface area contributed by atoms with E-state index in [4.69, 9.17) is 5.11 Å². The third kappa shape index (κ3) is 4.10. The zero-order chi connectivity index (χ0) is 14.1. The lowest BCUT2D eigenvalue weighted by molar-refractivity contribution is -0.145. The summed E-state index contributed by atoms with van der Waals surface area (Å²) in [6.45, 7) is 7.22. The number of rotatable bonds is 3. The lowest BCUT2D eigenvalue weighted by atomic mass is 9.78. The van der Waals surface area contributed by atoms with Crippen molar-refractivity contribution in [3.63, 3.8) is 0 Å². The molecular weight excluding hydrogens is 262 g/mol. The van der Waals surface area contributed by atoms with E-state index in [1.807, 2.05) is 11.8 Å². The van der Waals surface area contributed by atoms with Gasteiger partial charge in [0.1, 0.15) is 0 Å². The van der Waals surface area contributed by atoms with Gasteiger partial charge in [-0.3, -0.25) is 9.69 Å². The monoisotopic (exact) mass is 287 g/mol. The Balaban J connectivity index is 1.87. The van der Waals surface area contributed by atoms with E-state index in [0.29, 0.717) is 32.2 Å². The predicted octanol–water partition coefficient (Wildman–Crippen LogP) is 1.82. The molecule has 0 aromatic rings. The fourth-order valence-corrected chi connectivity index (χ4v) is 4.40. The Morgan fingerprint density at radius 2 is 2.00 bits per heavy atom. The summed E-state index contributed by atoms with van der Waals surface area (Å²) in [5, 5.41) is 19.7. The normalized spacial score (nSPS) is 36.1. The first-order valence-electron chi connectivity index (χ1n) is 7.11. The Hall–Kier alpha value is -0.260. The summed E-state index contributed by atoms with van der Waals surface area (Å²) in [4.78, 5) is 13.3. The minimum Gasteiger partial charge on any atom is -0.481 e. The van der Waals surface area contributed by atoms with Crippen LogP contribution in [0.15, 0.2) is 0 Å². The molecule has 0 aromatic carbocycles. The average molecular weight is 287 g/mol. The number of carbonyl (C=O) groups is 1. The summed E-state index contributed by atoms with van der Waals surface area (Å²) in [7, 11) is 0. The van der Waals surface area contributed by atoms with E-state index in [-0.39, 0.29) is 10.7 Å². The molecule has 0 unspecified atom stereocenters. The van der Waals surface area contributed by atoms with Crippen LogP contribution in [0.25, 0.3) is 0 Å². The Labute approximate surface area is 119 Å². The first-order chi connectivity index (χ1) is 8.80. The number of aliphatic carboxylic acids is 1. The molecule has 1 saturated heterocycles. The molecular formula is C14H25NO3S. The highest BCUT2D eigenvalue weighted by Crippen LogP contribution is 2.35. The van der Waals surface area contributed by atoms with Gasteiger partial charge in [0.25, 0.3) is 0 Å². The first-order valence-corrected chi connectivity index (χ1v) is 8.10. The van der Waals surface area contributed by atoms with Crippen LogP contribution < -0.4 is 0 Å². The molecule has 2 N–H and O–H groups in total. The maximum atomic E-state index is 10.9. The highest BCUT2D eigenvalue weighted by atomic mass is 32.2. The number of β-amino-alcohol motifs (C(OH)–C–C–N with tert-alkyl or cyclic N) is 1. The number of thioether (sulfide) groups is 1. The van der Waals surface area contributed by atoms with Gasteiger partial charge in [0.2, 0.25) is 0 Å². The second-order valence-corrected chi connectivity index (χ2v) is 8.46. The molecule has 1 aliphatic heterocycles. The Morgan fingerprint density at radius 1 is 1.37 bits per heavy atom. The van der Waals surface area contributed by atoms with Crippen LogP contribution in [0.5, 0.6) is 0 Å². The summed E-state index contributed by atoms with van der Waals surface area (Å²) >= 11 is 1.99. The zero-order valence-corrected chi connectivity index (χ0v) is 12.7. The van der Waals surface area contributed by atoms with Crippen molar-refractivity contribution in [2.75, 3.05) is 25.4 Å². The molecule has 0 spiro atoms. The van der Waals surface area contributed by atoms with Gasteiger partial charge in [0.15, 0.2) is 0 Å². The molecule has 19 heavy (non-hydrogen) atoms. The van der Waals surface area contributed by atoms with Crippen LogP contribution in [0, 0.1) is 5.92 Å². The van der Waals surface area contributed by atoms with Gasteiger partial charge in [-0.15, -0.1) is 0 Å². The van der Waals surface area contributed by atoms with E-state index in [0.717, 1.165) is 18.8 Å². The van der Waals surface area contributed by atoms with Crippen molar-refractivity contribution < 1.29 is 15.0 Å². The van der Waals surface area contributed by atoms with E-state index in [1.54, 1.807) is 0 Å². The van der Waals surface area contributed by atoms with E-state index in [9.17, 15) is 9.90 Å². The fraction of sp³-hybridized carbons (Fsp3) is 0.929. The Kier molecular flexibility index (Phi) is 4.48. The lowest BCUT2D eigenvalue weighted by Gasteiger charge is -2.43. The summed E-state index contributed by atoms with van der Waals surface area (Å²) in [6, 6.07) is 0. The van der Waals surface area contributed by atoms with Gasteiger partial charge in [-0.1, -0.05) is 0 Å². The summed E-state index contributed by atoms with van der Waals surface area (Å²) in [5.74, 6) is 0.145. The van der Waals surface area contributed by atoms with Crippen molar-refractivity contribution in [2.24, 2.45) is 5.92 Å². The van der Waals surface area contributed by atoms with Crippen LogP contribution in [-0.2, 0) is 4.79 Å². The van der Waals surface area contributed by atoms with Gasteiger partial charge >= 0.3 is 5.97 Å². The molecule has 4 nitrogen and oxygen atoms in total. The molecule has 5 heteroatoms. The SMILES string of the molecule is CC1(C)CN(CC2(O)CCC(C(=O)O)CC2)CCS1. The molecule has 0 radical (unpaired) electrons. The highest BCUT2D eigenvalue weighted by Gasteiger charge is 2.38. The number of hydrogen-bond donors (Lipinski definition) is 2. The van der Waals surface area contributed by atoms with Gasteiger partial charge in [-0.05, 0) is 39.5 Å². The summed E-state index contributed by atoms with van der Waals surface area (Å²) in [6.07, 6.45) is 2.46. The standard InChI is InChI=1S/C14H25NO3S/c1-13(2)9-15(7-8-19-13)10-14(18)5-3-11(4-6-14)12(16)17/h11,18H,3-10H2,1-2H3,(H,16,17). The number of aliphatic hydroxyl groups is 1. The summed E-state index contributed by atoms with van der Waals surface area (Å²) in [5.41, 5.74) is -0.677. The lowest BCUT2D eigenvalue weighted by Crippen LogP contribution is -2.51. The van der Waals surface area contributed by atoms with Crippen molar-refractivity contribution in [1.82, 2.24) is 4.90 Å². The number of hydrogen-bond acceptors (Lipinski definition) is 4. The van der Waals surface area contributed by atoms with Crippen molar-refractivity contribution >= 4 is 17.7 Å². The first kappa shape index (κ1) is 15.1. The molecule has 0 bridgehead atoms. The van der Waals surface area contributed by atoms with E-state index >= 15 is 0 Å². The number of carboxylic acids is 1. The topological polar surface area (TPSA) is 60.8 Å². The van der Waals surface area contributed by atoms with Crippen molar-refractivity contribution in [2.45, 2.75) is 49.9 Å². The van der Waals surface area contributed by atoms with Gasteiger partial charge in [-0.25, -0.2) is 0 Å². The molecule has 0 atom stereocenters. The largest absolute Gasteiger partial charge is 0.481 e. The maximum Gasteiger partial charge on any atom is 0.306 e. The second kappa shape index (κ2) is 5.62. The predicted molar refractivity (Wildman–Crippen MR) is 77.5 cm³/mol. The molecule has 1 aliphatic carbocycles. The van der Waals surface area contributed by atoms with Crippen LogP contribution in [-0.4, -0.2) is 56.8 Å². The van der Waals surface area contributed by atoms with Crippen LogP contribution in [0.1, 0.15) is 39.5 Å². The quantitative estimate of drug-likeness (QED) is 0.829. The van der Waals surface area contributed by atoms with Gasteiger partial charge in [-0.2, -0.15) is 11.8 Å². The number of nitrogens with zero attached hydrogens (tertiary/aromatic N) is 1. The van der Waals surface area contributed by atoms with Gasteiger partial charge in [0.05, 0.1) is 11.5 Å². The van der Waals surface area contributed by atoms with E-state index < -0.39 is 11.6 Å². The van der Waals surface area contributed by atoms with Crippen LogP contribution >= 0.6 is 11.8 Å². The minimum absolute atomic E-state index is 0.256. The van der Waals surface area contributed by atoms with Crippen molar-refractivity contribution in [3.05, 3.63) is 0 Å². The minimum atomic E-state index is -0.711. The van der Waals surface area contributed by atoms with Crippen LogP contribution in [0.2, 0.25) is 0 Å². The van der Waals surface area contributed by atoms with Gasteiger partial charge < -0.3 is 10.2 Å². The van der Waals surface area contributed by atoms with Crippen LogP contribution in [0.4, 0.5) is 0 Å². The molecule has 2 rings (SSSR count). The molecule has 0 aromatic heterocycles. The Morgan fingerprint density at radius 3 is 2.53 bits per heavy atom. The average Bonchev–Trinajstić information content (AvgIpc) is 2.27. The third-order valence-corrected chi connectivity index (χ3v) is 5.59. The Bertz CT molecular complexity index is 338.